The summed E-state index contributed by atoms with van der Waals surface area (Å²) in [6, 6.07) is 6.67. The first kappa shape index (κ1) is 20.8. The zero-order valence-corrected chi connectivity index (χ0v) is 17.4. The van der Waals surface area contributed by atoms with E-state index < -0.39 is 5.97 Å². The highest BCUT2D eigenvalue weighted by atomic mass is 35.5. The van der Waals surface area contributed by atoms with E-state index in [9.17, 15) is 14.4 Å². The van der Waals surface area contributed by atoms with E-state index in [-0.39, 0.29) is 30.0 Å². The number of urea groups is 1. The zero-order valence-electron chi connectivity index (χ0n) is 15.8. The lowest BCUT2D eigenvalue weighted by Crippen LogP contribution is -2.55. The summed E-state index contributed by atoms with van der Waals surface area (Å²) in [6.07, 6.45) is 1.40. The maximum Gasteiger partial charge on any atom is 0.325 e. The number of rotatable bonds is 4. The number of halogens is 1. The number of thioether (sulfide) groups is 1. The van der Waals surface area contributed by atoms with Crippen LogP contribution in [0.5, 0.6) is 0 Å². The van der Waals surface area contributed by atoms with E-state index in [0.29, 0.717) is 43.1 Å². The number of carbonyl (C=O) groups excluding carboxylic acids is 3. The number of amides is 3. The molecule has 1 aromatic carbocycles. The van der Waals surface area contributed by atoms with E-state index in [2.05, 4.69) is 5.32 Å². The molecule has 28 heavy (non-hydrogen) atoms. The molecule has 3 rings (SSSR count). The van der Waals surface area contributed by atoms with E-state index >= 15 is 0 Å². The van der Waals surface area contributed by atoms with Gasteiger partial charge in [-0.3, -0.25) is 9.59 Å². The second-order valence-electron chi connectivity index (χ2n) is 6.71. The number of piperidine rings is 1. The van der Waals surface area contributed by atoms with Crippen molar-refractivity contribution in [1.29, 1.82) is 0 Å². The highest BCUT2D eigenvalue weighted by molar-refractivity contribution is 8.00. The van der Waals surface area contributed by atoms with Crippen molar-refractivity contribution in [1.82, 2.24) is 15.1 Å². The molecule has 1 N–H and O–H groups in total. The van der Waals surface area contributed by atoms with E-state index in [0.717, 1.165) is 5.75 Å². The number of hydrogen-bond donors (Lipinski definition) is 1. The van der Waals surface area contributed by atoms with Crippen LogP contribution in [-0.2, 0) is 9.53 Å². The predicted octanol–water partition coefficient (Wildman–Crippen LogP) is 2.59. The Balaban J connectivity index is 1.58. The first-order chi connectivity index (χ1) is 13.4. The van der Waals surface area contributed by atoms with Crippen LogP contribution in [-0.4, -0.2) is 71.1 Å². The molecular formula is C19H24ClN3O4S. The van der Waals surface area contributed by atoms with Gasteiger partial charge in [-0.15, -0.1) is 11.8 Å². The average molecular weight is 426 g/mol. The molecule has 0 unspecified atom stereocenters. The Morgan fingerprint density at radius 2 is 1.86 bits per heavy atom. The van der Waals surface area contributed by atoms with Crippen molar-refractivity contribution in [3.63, 3.8) is 0 Å². The molecule has 7 nitrogen and oxygen atoms in total. The Kier molecular flexibility index (Phi) is 6.72. The molecule has 2 saturated heterocycles. The Labute approximate surface area is 173 Å². The van der Waals surface area contributed by atoms with Gasteiger partial charge in [-0.05, 0) is 44.0 Å². The minimum atomic E-state index is -0.449. The number of carbonyl (C=O) groups is 3. The van der Waals surface area contributed by atoms with Crippen LogP contribution >= 0.6 is 23.4 Å². The number of esters is 1. The van der Waals surface area contributed by atoms with E-state index in [1.165, 1.54) is 0 Å². The molecule has 0 saturated carbocycles. The summed E-state index contributed by atoms with van der Waals surface area (Å²) in [6.45, 7) is 3.64. The van der Waals surface area contributed by atoms with Crippen molar-refractivity contribution in [2.24, 2.45) is 0 Å². The Morgan fingerprint density at radius 1 is 1.18 bits per heavy atom. The number of ether oxygens (including phenoxy) is 1. The predicted molar refractivity (Wildman–Crippen MR) is 109 cm³/mol. The van der Waals surface area contributed by atoms with Gasteiger partial charge >= 0.3 is 12.0 Å². The van der Waals surface area contributed by atoms with Crippen LogP contribution in [0.4, 0.5) is 4.79 Å². The van der Waals surface area contributed by atoms with Gasteiger partial charge in [-0.25, -0.2) is 4.79 Å². The van der Waals surface area contributed by atoms with Crippen LogP contribution in [0, 0.1) is 0 Å². The van der Waals surface area contributed by atoms with Gasteiger partial charge in [-0.1, -0.05) is 11.6 Å². The van der Waals surface area contributed by atoms with E-state index in [1.807, 2.05) is 4.90 Å². The third kappa shape index (κ3) is 4.55. The maximum atomic E-state index is 13.0. The molecule has 1 spiro atoms. The highest BCUT2D eigenvalue weighted by Gasteiger charge is 2.47. The zero-order chi connectivity index (χ0) is 20.1. The van der Waals surface area contributed by atoms with Crippen LogP contribution in [0.1, 0.15) is 30.1 Å². The molecule has 9 heteroatoms. The molecule has 2 aliphatic rings. The summed E-state index contributed by atoms with van der Waals surface area (Å²) >= 11 is 7.71. The fourth-order valence-corrected chi connectivity index (χ4v) is 5.17. The highest BCUT2D eigenvalue weighted by Crippen LogP contribution is 2.44. The quantitative estimate of drug-likeness (QED) is 0.750. The minimum absolute atomic E-state index is 0.00174. The third-order valence-corrected chi connectivity index (χ3v) is 6.84. The molecule has 152 valence electrons. The number of hydrogen-bond acceptors (Lipinski definition) is 5. The smallest absolute Gasteiger partial charge is 0.325 e. The normalized spacial score (nSPS) is 18.2. The molecule has 1 aromatic rings. The molecule has 0 aromatic heterocycles. The van der Waals surface area contributed by atoms with Gasteiger partial charge in [-0.2, -0.15) is 0 Å². The fraction of sp³-hybridized carbons (Fsp3) is 0.526. The van der Waals surface area contributed by atoms with E-state index in [4.69, 9.17) is 16.3 Å². The topological polar surface area (TPSA) is 79.0 Å². The third-order valence-electron chi connectivity index (χ3n) is 5.04. The molecule has 3 amide bonds. The van der Waals surface area contributed by atoms with E-state index in [1.54, 1.807) is 47.9 Å². The van der Waals surface area contributed by atoms with Gasteiger partial charge < -0.3 is 19.9 Å². The largest absolute Gasteiger partial charge is 0.465 e. The SMILES string of the molecule is CCOC(=O)CNC(=O)N1CCC2(CC1)SCCN2C(=O)c1ccc(Cl)cc1. The summed E-state index contributed by atoms with van der Waals surface area (Å²) in [5.74, 6) is 0.436. The van der Waals surface area contributed by atoms with Gasteiger partial charge in [0.1, 0.15) is 6.54 Å². The Morgan fingerprint density at radius 3 is 2.50 bits per heavy atom. The molecule has 0 aliphatic carbocycles. The van der Waals surface area contributed by atoms with Crippen LogP contribution in [0.15, 0.2) is 24.3 Å². The first-order valence-corrected chi connectivity index (χ1v) is 10.7. The van der Waals surface area contributed by atoms with Gasteiger partial charge in [0.05, 0.1) is 11.5 Å². The van der Waals surface area contributed by atoms with Crippen LogP contribution < -0.4 is 5.32 Å². The van der Waals surface area contributed by atoms with Gasteiger partial charge in [0.15, 0.2) is 0 Å². The van der Waals surface area contributed by atoms with Crippen LogP contribution in [0.2, 0.25) is 5.02 Å². The van der Waals surface area contributed by atoms with Crippen LogP contribution in [0.25, 0.3) is 0 Å². The van der Waals surface area contributed by atoms with Crippen molar-refractivity contribution in [3.05, 3.63) is 34.9 Å². The molecule has 0 bridgehead atoms. The fourth-order valence-electron chi connectivity index (χ4n) is 3.59. The van der Waals surface area contributed by atoms with Crippen molar-refractivity contribution in [2.45, 2.75) is 24.6 Å². The molecule has 2 fully saturated rings. The summed E-state index contributed by atoms with van der Waals surface area (Å²) in [5.41, 5.74) is 0.626. The molecule has 0 radical (unpaired) electrons. The summed E-state index contributed by atoms with van der Waals surface area (Å²) in [4.78, 5) is 40.0. The number of nitrogens with zero attached hydrogens (tertiary/aromatic N) is 2. The molecule has 2 aliphatic heterocycles. The van der Waals surface area contributed by atoms with Crippen molar-refractivity contribution < 1.29 is 19.1 Å². The molecule has 2 heterocycles. The van der Waals surface area contributed by atoms with Gasteiger partial charge in [0.25, 0.3) is 5.91 Å². The Hall–Kier alpha value is -1.93. The second kappa shape index (κ2) is 9.05. The number of benzene rings is 1. The Bertz CT molecular complexity index is 735. The van der Waals surface area contributed by atoms with Crippen LogP contribution in [0.3, 0.4) is 0 Å². The number of likely N-dealkylation sites (tertiary alicyclic amines) is 1. The van der Waals surface area contributed by atoms with Crippen molar-refractivity contribution in [3.8, 4) is 0 Å². The molecular weight excluding hydrogens is 402 g/mol. The lowest BCUT2D eigenvalue weighted by atomic mass is 10.0. The number of nitrogens with one attached hydrogen (secondary N) is 1. The summed E-state index contributed by atoms with van der Waals surface area (Å²) in [7, 11) is 0. The second-order valence-corrected chi connectivity index (χ2v) is 8.60. The standard InChI is InChI=1S/C19H24ClN3O4S/c1-2-27-16(24)13-21-18(26)22-9-7-19(8-10-22)23(11-12-28-19)17(25)14-3-5-15(20)6-4-14/h3-6H,2,7-13H2,1H3,(H,21,26). The first-order valence-electron chi connectivity index (χ1n) is 9.35. The van der Waals surface area contributed by atoms with Crippen molar-refractivity contribution in [2.75, 3.05) is 38.5 Å². The maximum absolute atomic E-state index is 13.0. The monoisotopic (exact) mass is 425 g/mol. The summed E-state index contributed by atoms with van der Waals surface area (Å²) < 4.78 is 4.82. The average Bonchev–Trinajstić information content (AvgIpc) is 3.10. The lowest BCUT2D eigenvalue weighted by Gasteiger charge is -2.44. The van der Waals surface area contributed by atoms with Gasteiger partial charge in [0.2, 0.25) is 0 Å². The lowest BCUT2D eigenvalue weighted by molar-refractivity contribution is -0.141. The minimum Gasteiger partial charge on any atom is -0.465 e. The summed E-state index contributed by atoms with van der Waals surface area (Å²) in [5, 5.41) is 3.19. The molecule has 0 atom stereocenters. The van der Waals surface area contributed by atoms with Crippen molar-refractivity contribution >= 4 is 41.3 Å². The van der Waals surface area contributed by atoms with Gasteiger partial charge in [0, 0.05) is 36.0 Å².